The number of aliphatic carboxylic acids is 1. The topological polar surface area (TPSA) is 124 Å². The fraction of sp³-hybridized carbons (Fsp3) is 0.750. The number of nitrogens with two attached hydrogens (primary N) is 1. The lowest BCUT2D eigenvalue weighted by Crippen LogP contribution is -2.32. The number of carbonyl (C=O) groups excluding carboxylic acids is 1. The summed E-state index contributed by atoms with van der Waals surface area (Å²) in [6.07, 6.45) is -1.20. The normalized spacial score (nSPS) is 12.2. The largest absolute Gasteiger partial charge is 0.481 e. The van der Waals surface area contributed by atoms with E-state index in [0.29, 0.717) is 5.06 Å². The van der Waals surface area contributed by atoms with Crippen molar-refractivity contribution in [2.75, 3.05) is 13.1 Å². The van der Waals surface area contributed by atoms with E-state index in [-0.39, 0.29) is 32.4 Å². The van der Waals surface area contributed by atoms with Gasteiger partial charge < -0.3 is 15.9 Å². The predicted octanol–water partition coefficient (Wildman–Crippen LogP) is -1.22. The van der Waals surface area contributed by atoms with Gasteiger partial charge in [0.25, 0.3) is 0 Å². The second kappa shape index (κ2) is 7.16. The van der Waals surface area contributed by atoms with Crippen LogP contribution in [0, 0.1) is 0 Å². The van der Waals surface area contributed by atoms with Gasteiger partial charge in [-0.15, -0.1) is 0 Å². The summed E-state index contributed by atoms with van der Waals surface area (Å²) in [5.74, 6) is -1.78. The minimum absolute atomic E-state index is 0.0527. The minimum atomic E-state index is -1.10. The van der Waals surface area contributed by atoms with Crippen LogP contribution in [-0.4, -0.2) is 51.6 Å². The summed E-state index contributed by atoms with van der Waals surface area (Å²) in [4.78, 5) is 21.2. The number of hydrogen-bond donors (Lipinski definition) is 4. The molecule has 0 spiro atoms. The Bertz CT molecular complexity index is 221. The van der Waals surface area contributed by atoms with Crippen molar-refractivity contribution in [1.82, 2.24) is 5.06 Å². The van der Waals surface area contributed by atoms with E-state index in [1.54, 1.807) is 0 Å². The molecule has 0 saturated heterocycles. The number of carboxylic acid groups (broad SMARTS) is 1. The van der Waals surface area contributed by atoms with Crippen molar-refractivity contribution in [3.05, 3.63) is 0 Å². The Morgan fingerprint density at radius 1 is 1.33 bits per heavy atom. The molecule has 0 radical (unpaired) electrons. The van der Waals surface area contributed by atoms with Gasteiger partial charge in [-0.1, -0.05) is 0 Å². The van der Waals surface area contributed by atoms with Crippen LogP contribution in [0.5, 0.6) is 0 Å². The van der Waals surface area contributed by atoms with Crippen molar-refractivity contribution in [2.24, 2.45) is 5.73 Å². The van der Waals surface area contributed by atoms with Crippen LogP contribution in [0.1, 0.15) is 19.3 Å². The lowest BCUT2D eigenvalue weighted by atomic mass is 10.2. The first-order valence-electron chi connectivity index (χ1n) is 4.56. The van der Waals surface area contributed by atoms with E-state index in [1.165, 1.54) is 0 Å². The van der Waals surface area contributed by atoms with E-state index >= 15 is 0 Å². The van der Waals surface area contributed by atoms with Crippen LogP contribution in [0.2, 0.25) is 0 Å². The van der Waals surface area contributed by atoms with Crippen molar-refractivity contribution in [3.63, 3.8) is 0 Å². The van der Waals surface area contributed by atoms with Crippen LogP contribution in [0.3, 0.4) is 0 Å². The molecule has 1 atom stereocenters. The van der Waals surface area contributed by atoms with E-state index in [1.807, 2.05) is 0 Å². The lowest BCUT2D eigenvalue weighted by Gasteiger charge is -2.16. The van der Waals surface area contributed by atoms with E-state index in [4.69, 9.17) is 21.2 Å². The van der Waals surface area contributed by atoms with Crippen molar-refractivity contribution < 1.29 is 25.0 Å². The Morgan fingerprint density at radius 3 is 2.40 bits per heavy atom. The highest BCUT2D eigenvalue weighted by Gasteiger charge is 2.13. The van der Waals surface area contributed by atoms with Crippen molar-refractivity contribution >= 4 is 11.9 Å². The summed E-state index contributed by atoms with van der Waals surface area (Å²) in [7, 11) is 0. The van der Waals surface area contributed by atoms with Crippen LogP contribution in [-0.2, 0) is 9.59 Å². The molecular formula is C8H16N2O5. The summed E-state index contributed by atoms with van der Waals surface area (Å²) < 4.78 is 0. The number of nitrogens with zero attached hydrogens (tertiary/aromatic N) is 1. The zero-order valence-corrected chi connectivity index (χ0v) is 8.30. The highest BCUT2D eigenvalue weighted by atomic mass is 16.5. The van der Waals surface area contributed by atoms with E-state index < -0.39 is 18.0 Å². The van der Waals surface area contributed by atoms with Gasteiger partial charge in [0.1, 0.15) is 0 Å². The quantitative estimate of drug-likeness (QED) is 0.315. The number of carbonyl (C=O) groups is 2. The Hall–Kier alpha value is -1.18. The molecule has 0 aliphatic carbocycles. The predicted molar refractivity (Wildman–Crippen MR) is 50.0 cm³/mol. The molecule has 0 aromatic heterocycles. The molecule has 7 heteroatoms. The van der Waals surface area contributed by atoms with E-state index in [2.05, 4.69) is 0 Å². The molecule has 0 heterocycles. The van der Waals surface area contributed by atoms with Crippen LogP contribution in [0.15, 0.2) is 0 Å². The first kappa shape index (κ1) is 13.8. The third-order valence-corrected chi connectivity index (χ3v) is 1.79. The molecule has 15 heavy (non-hydrogen) atoms. The Balaban J connectivity index is 3.74. The molecule has 0 aromatic rings. The highest BCUT2D eigenvalue weighted by Crippen LogP contribution is 1.98. The molecule has 0 fully saturated rings. The van der Waals surface area contributed by atoms with Gasteiger partial charge >= 0.3 is 5.97 Å². The molecule has 0 rings (SSSR count). The number of hydroxylamine groups is 2. The fourth-order valence-corrected chi connectivity index (χ4v) is 0.857. The van der Waals surface area contributed by atoms with Crippen LogP contribution in [0.4, 0.5) is 0 Å². The van der Waals surface area contributed by atoms with Gasteiger partial charge in [0, 0.05) is 13.0 Å². The smallest absolute Gasteiger partial charge is 0.303 e. The second-order valence-electron chi connectivity index (χ2n) is 3.09. The molecule has 88 valence electrons. The summed E-state index contributed by atoms with van der Waals surface area (Å²) in [6, 6.07) is 0. The maximum absolute atomic E-state index is 11.0. The zero-order chi connectivity index (χ0) is 11.8. The second-order valence-corrected chi connectivity index (χ2v) is 3.09. The number of rotatable bonds is 7. The molecule has 0 bridgehead atoms. The number of aliphatic hydroxyl groups is 1. The van der Waals surface area contributed by atoms with Gasteiger partial charge in [-0.05, 0) is 6.42 Å². The summed E-state index contributed by atoms with van der Waals surface area (Å²) in [6.45, 7) is -0.00598. The molecule has 7 nitrogen and oxygen atoms in total. The molecule has 0 saturated carbocycles. The number of hydrogen-bond acceptors (Lipinski definition) is 5. The minimum Gasteiger partial charge on any atom is -0.481 e. The van der Waals surface area contributed by atoms with Gasteiger partial charge in [0.15, 0.2) is 0 Å². The summed E-state index contributed by atoms with van der Waals surface area (Å²) in [5, 5.41) is 26.8. The standard InChI is InChI=1S/C8H16N2O5/c9-5-6(11)3-4-10(15)7(12)1-2-8(13)14/h6,11,15H,1-5,9H2,(H,13,14)/t6-/m0/s1. The third-order valence-electron chi connectivity index (χ3n) is 1.79. The first-order chi connectivity index (χ1) is 6.97. The Kier molecular flexibility index (Phi) is 6.59. The molecular weight excluding hydrogens is 204 g/mol. The Morgan fingerprint density at radius 2 is 1.93 bits per heavy atom. The van der Waals surface area contributed by atoms with Crippen molar-refractivity contribution in [1.29, 1.82) is 0 Å². The Labute approximate surface area is 87.1 Å². The molecule has 1 amide bonds. The lowest BCUT2D eigenvalue weighted by molar-refractivity contribution is -0.167. The molecule has 0 aromatic carbocycles. The molecule has 5 N–H and O–H groups in total. The maximum Gasteiger partial charge on any atom is 0.303 e. The summed E-state index contributed by atoms with van der Waals surface area (Å²) in [5.41, 5.74) is 5.12. The van der Waals surface area contributed by atoms with Gasteiger partial charge in [-0.25, -0.2) is 5.06 Å². The number of carboxylic acids is 1. The zero-order valence-electron chi connectivity index (χ0n) is 8.30. The van der Waals surface area contributed by atoms with Crippen LogP contribution < -0.4 is 5.73 Å². The first-order valence-corrected chi connectivity index (χ1v) is 4.56. The van der Waals surface area contributed by atoms with Crippen LogP contribution >= 0.6 is 0 Å². The van der Waals surface area contributed by atoms with Gasteiger partial charge in [-0.3, -0.25) is 14.8 Å². The van der Waals surface area contributed by atoms with Crippen molar-refractivity contribution in [2.45, 2.75) is 25.4 Å². The number of amides is 1. The monoisotopic (exact) mass is 220 g/mol. The third kappa shape index (κ3) is 6.83. The molecule has 0 aliphatic heterocycles. The van der Waals surface area contributed by atoms with Gasteiger partial charge in [-0.2, -0.15) is 0 Å². The SMILES string of the molecule is NC[C@@H](O)CCN(O)C(=O)CCC(=O)O. The summed E-state index contributed by atoms with van der Waals surface area (Å²) >= 11 is 0. The van der Waals surface area contributed by atoms with E-state index in [0.717, 1.165) is 0 Å². The average Bonchev–Trinajstić information content (AvgIpc) is 2.21. The number of aliphatic hydroxyl groups excluding tert-OH is 1. The van der Waals surface area contributed by atoms with Gasteiger partial charge in [0.05, 0.1) is 19.1 Å². The molecule has 0 unspecified atom stereocenters. The molecule has 0 aliphatic rings. The average molecular weight is 220 g/mol. The maximum atomic E-state index is 11.0. The highest BCUT2D eigenvalue weighted by molar-refractivity contribution is 5.79. The van der Waals surface area contributed by atoms with Crippen LogP contribution in [0.25, 0.3) is 0 Å². The van der Waals surface area contributed by atoms with E-state index in [9.17, 15) is 9.59 Å². The van der Waals surface area contributed by atoms with Crippen molar-refractivity contribution in [3.8, 4) is 0 Å². The van der Waals surface area contributed by atoms with Gasteiger partial charge in [0.2, 0.25) is 5.91 Å². The fourth-order valence-electron chi connectivity index (χ4n) is 0.857.